The second-order valence-corrected chi connectivity index (χ2v) is 6.28. The zero-order valence-electron chi connectivity index (χ0n) is 14.8. The molecule has 0 saturated carbocycles. The maximum Gasteiger partial charge on any atom is 0.326 e. The molecule has 2 rings (SSSR count). The fourth-order valence-corrected chi connectivity index (χ4v) is 3.02. The van der Waals surface area contributed by atoms with Crippen molar-refractivity contribution in [2.45, 2.75) is 44.6 Å². The van der Waals surface area contributed by atoms with Gasteiger partial charge >= 0.3 is 5.97 Å². The van der Waals surface area contributed by atoms with Crippen LogP contribution in [0.1, 0.15) is 37.7 Å². The van der Waals surface area contributed by atoms with Crippen molar-refractivity contribution in [3.8, 4) is 5.75 Å². The SMILES string of the molecule is COCCc1ccc(OCCCC(=O)N2CCCCC2C(=O)O)cc1. The molecule has 0 spiro atoms. The lowest BCUT2D eigenvalue weighted by Gasteiger charge is -2.33. The number of benzene rings is 1. The van der Waals surface area contributed by atoms with Crippen molar-refractivity contribution in [1.29, 1.82) is 0 Å². The largest absolute Gasteiger partial charge is 0.494 e. The Morgan fingerprint density at radius 3 is 2.64 bits per heavy atom. The molecule has 6 nitrogen and oxygen atoms in total. The zero-order valence-corrected chi connectivity index (χ0v) is 14.8. The molecule has 0 aliphatic carbocycles. The minimum Gasteiger partial charge on any atom is -0.494 e. The normalized spacial score (nSPS) is 17.3. The van der Waals surface area contributed by atoms with Crippen molar-refractivity contribution in [2.24, 2.45) is 0 Å². The molecule has 1 atom stereocenters. The van der Waals surface area contributed by atoms with Gasteiger partial charge in [-0.25, -0.2) is 4.79 Å². The molecule has 0 bridgehead atoms. The van der Waals surface area contributed by atoms with Crippen molar-refractivity contribution in [1.82, 2.24) is 4.90 Å². The molecule has 1 N–H and O–H groups in total. The van der Waals surface area contributed by atoms with Crippen LogP contribution in [0.3, 0.4) is 0 Å². The minimum atomic E-state index is -0.905. The molecule has 1 amide bonds. The lowest BCUT2D eigenvalue weighted by Crippen LogP contribution is -2.47. The second-order valence-electron chi connectivity index (χ2n) is 6.28. The van der Waals surface area contributed by atoms with Crippen LogP contribution in [0.4, 0.5) is 0 Å². The summed E-state index contributed by atoms with van der Waals surface area (Å²) >= 11 is 0. The van der Waals surface area contributed by atoms with Gasteiger partial charge in [0.1, 0.15) is 11.8 Å². The first kappa shape index (κ1) is 19.2. The van der Waals surface area contributed by atoms with Crippen LogP contribution >= 0.6 is 0 Å². The Morgan fingerprint density at radius 1 is 1.20 bits per heavy atom. The Morgan fingerprint density at radius 2 is 1.96 bits per heavy atom. The number of carboxylic acids is 1. The highest BCUT2D eigenvalue weighted by atomic mass is 16.5. The molecule has 1 fully saturated rings. The van der Waals surface area contributed by atoms with Gasteiger partial charge in [-0.15, -0.1) is 0 Å². The fraction of sp³-hybridized carbons (Fsp3) is 0.579. The smallest absolute Gasteiger partial charge is 0.326 e. The van der Waals surface area contributed by atoms with Crippen molar-refractivity contribution < 1.29 is 24.2 Å². The van der Waals surface area contributed by atoms with E-state index in [1.54, 1.807) is 7.11 Å². The summed E-state index contributed by atoms with van der Waals surface area (Å²) in [5, 5.41) is 9.23. The minimum absolute atomic E-state index is 0.0920. The fourth-order valence-electron chi connectivity index (χ4n) is 3.02. The molecule has 1 aromatic rings. The van der Waals surface area contributed by atoms with Gasteiger partial charge in [0.2, 0.25) is 5.91 Å². The number of ether oxygens (including phenoxy) is 2. The van der Waals surface area contributed by atoms with Crippen LogP contribution in [-0.2, 0) is 20.7 Å². The zero-order chi connectivity index (χ0) is 18.1. The molecule has 1 saturated heterocycles. The Balaban J connectivity index is 1.71. The number of carboxylic acid groups (broad SMARTS) is 1. The number of nitrogens with zero attached hydrogens (tertiary/aromatic N) is 1. The summed E-state index contributed by atoms with van der Waals surface area (Å²) in [7, 11) is 1.68. The van der Waals surface area contributed by atoms with Crippen LogP contribution in [0, 0.1) is 0 Å². The molecular formula is C19H27NO5. The van der Waals surface area contributed by atoms with Crippen molar-refractivity contribution in [2.75, 3.05) is 26.9 Å². The van der Waals surface area contributed by atoms with E-state index in [-0.39, 0.29) is 5.91 Å². The quantitative estimate of drug-likeness (QED) is 0.693. The van der Waals surface area contributed by atoms with E-state index in [0.29, 0.717) is 39.0 Å². The molecule has 0 aromatic heterocycles. The summed E-state index contributed by atoms with van der Waals surface area (Å²) in [5.41, 5.74) is 1.19. The first-order chi connectivity index (χ1) is 12.1. The Hall–Kier alpha value is -2.08. The van der Waals surface area contributed by atoms with E-state index in [1.165, 1.54) is 10.5 Å². The number of likely N-dealkylation sites (tertiary alicyclic amines) is 1. The van der Waals surface area contributed by atoms with Gasteiger partial charge in [0.05, 0.1) is 13.2 Å². The number of piperidine rings is 1. The predicted octanol–water partition coefficient (Wildman–Crippen LogP) is 2.50. The van der Waals surface area contributed by atoms with E-state index in [0.717, 1.165) is 25.0 Å². The van der Waals surface area contributed by atoms with Crippen LogP contribution in [-0.4, -0.2) is 54.8 Å². The summed E-state index contributed by atoms with van der Waals surface area (Å²) < 4.78 is 10.7. The van der Waals surface area contributed by atoms with Crippen molar-refractivity contribution >= 4 is 11.9 Å². The lowest BCUT2D eigenvalue weighted by atomic mass is 10.0. The van der Waals surface area contributed by atoms with Gasteiger partial charge in [0.25, 0.3) is 0 Å². The average molecular weight is 349 g/mol. The van der Waals surface area contributed by atoms with E-state index in [2.05, 4.69) is 0 Å². The summed E-state index contributed by atoms with van der Waals surface area (Å²) in [6.07, 6.45) is 4.05. The van der Waals surface area contributed by atoms with E-state index in [4.69, 9.17) is 9.47 Å². The third kappa shape index (κ3) is 6.05. The van der Waals surface area contributed by atoms with Crippen LogP contribution in [0.5, 0.6) is 5.75 Å². The molecular weight excluding hydrogens is 322 g/mol. The van der Waals surface area contributed by atoms with E-state index < -0.39 is 12.0 Å². The molecule has 0 radical (unpaired) electrons. The first-order valence-corrected chi connectivity index (χ1v) is 8.85. The highest BCUT2D eigenvalue weighted by molar-refractivity contribution is 5.83. The molecule has 1 heterocycles. The van der Waals surface area contributed by atoms with Gasteiger partial charge in [0.15, 0.2) is 0 Å². The van der Waals surface area contributed by atoms with Crippen LogP contribution in [0.25, 0.3) is 0 Å². The number of hydrogen-bond donors (Lipinski definition) is 1. The summed E-state index contributed by atoms with van der Waals surface area (Å²) in [4.78, 5) is 25.0. The van der Waals surface area contributed by atoms with E-state index in [1.807, 2.05) is 24.3 Å². The number of aliphatic carboxylic acids is 1. The van der Waals surface area contributed by atoms with Crippen LogP contribution in [0.2, 0.25) is 0 Å². The lowest BCUT2D eigenvalue weighted by molar-refractivity contribution is -0.152. The molecule has 1 aromatic carbocycles. The predicted molar refractivity (Wildman–Crippen MR) is 93.7 cm³/mol. The first-order valence-electron chi connectivity index (χ1n) is 8.85. The van der Waals surface area contributed by atoms with Gasteiger partial charge in [-0.05, 0) is 49.8 Å². The number of amides is 1. The highest BCUT2D eigenvalue weighted by Gasteiger charge is 2.31. The number of methoxy groups -OCH3 is 1. The van der Waals surface area contributed by atoms with Gasteiger partial charge in [-0.3, -0.25) is 4.79 Å². The third-order valence-corrected chi connectivity index (χ3v) is 4.43. The maximum absolute atomic E-state index is 12.3. The molecule has 1 aliphatic heterocycles. The van der Waals surface area contributed by atoms with Gasteiger partial charge < -0.3 is 19.5 Å². The summed E-state index contributed by atoms with van der Waals surface area (Å²) in [6, 6.07) is 7.17. The molecule has 138 valence electrons. The third-order valence-electron chi connectivity index (χ3n) is 4.43. The maximum atomic E-state index is 12.3. The monoisotopic (exact) mass is 349 g/mol. The van der Waals surface area contributed by atoms with Crippen LogP contribution < -0.4 is 4.74 Å². The number of rotatable bonds is 9. The van der Waals surface area contributed by atoms with Crippen molar-refractivity contribution in [3.63, 3.8) is 0 Å². The topological polar surface area (TPSA) is 76.1 Å². The summed E-state index contributed by atoms with van der Waals surface area (Å²) in [5.74, 6) is -0.224. The molecule has 25 heavy (non-hydrogen) atoms. The summed E-state index contributed by atoms with van der Waals surface area (Å²) in [6.45, 7) is 1.67. The Labute approximate surface area is 148 Å². The number of carbonyl (C=O) groups excluding carboxylic acids is 1. The van der Waals surface area contributed by atoms with Gasteiger partial charge in [-0.1, -0.05) is 12.1 Å². The second kappa shape index (κ2) is 10.0. The van der Waals surface area contributed by atoms with Gasteiger partial charge in [-0.2, -0.15) is 0 Å². The van der Waals surface area contributed by atoms with Gasteiger partial charge in [0, 0.05) is 20.1 Å². The molecule has 6 heteroatoms. The Bertz CT molecular complexity index is 557. The van der Waals surface area contributed by atoms with E-state index in [9.17, 15) is 14.7 Å². The number of carbonyl (C=O) groups is 2. The molecule has 1 aliphatic rings. The Kier molecular flexibility index (Phi) is 7.73. The average Bonchev–Trinajstić information content (AvgIpc) is 2.64. The van der Waals surface area contributed by atoms with Crippen molar-refractivity contribution in [3.05, 3.63) is 29.8 Å². The van der Waals surface area contributed by atoms with E-state index >= 15 is 0 Å². The number of hydrogen-bond acceptors (Lipinski definition) is 4. The van der Waals surface area contributed by atoms with Crippen LogP contribution in [0.15, 0.2) is 24.3 Å². The highest BCUT2D eigenvalue weighted by Crippen LogP contribution is 2.19. The molecule has 1 unspecified atom stereocenters. The standard InChI is InChI=1S/C19H27NO5/c1-24-14-11-15-7-9-16(10-8-15)25-13-4-6-18(21)20-12-3-2-5-17(20)19(22)23/h7-10,17H,2-6,11-14H2,1H3,(H,22,23).